The van der Waals surface area contributed by atoms with Gasteiger partial charge in [-0.05, 0) is 57.2 Å². The molecule has 0 spiro atoms. The summed E-state index contributed by atoms with van der Waals surface area (Å²) in [5.41, 5.74) is 3.39. The SMILES string of the molecule is CCOC(=O)C(NCC1CC1)c1ccc(C)cc1C. The maximum atomic E-state index is 12.1. The first-order chi connectivity index (χ1) is 9.11. The lowest BCUT2D eigenvalue weighted by molar-refractivity contribution is -0.145. The Hall–Kier alpha value is -1.35. The Bertz CT molecular complexity index is 452. The predicted molar refractivity (Wildman–Crippen MR) is 76.0 cm³/mol. The average Bonchev–Trinajstić information content (AvgIpc) is 3.16. The maximum absolute atomic E-state index is 12.1. The molecule has 0 heterocycles. The Morgan fingerprint density at radius 2 is 2.16 bits per heavy atom. The predicted octanol–water partition coefficient (Wildman–Crippen LogP) is 2.91. The highest BCUT2D eigenvalue weighted by molar-refractivity contribution is 5.78. The van der Waals surface area contributed by atoms with E-state index < -0.39 is 0 Å². The zero-order valence-electron chi connectivity index (χ0n) is 12.0. The van der Waals surface area contributed by atoms with Gasteiger partial charge in [0.15, 0.2) is 0 Å². The van der Waals surface area contributed by atoms with E-state index in [1.807, 2.05) is 26.0 Å². The minimum Gasteiger partial charge on any atom is -0.465 e. The number of carbonyl (C=O) groups excluding carboxylic acids is 1. The molecule has 104 valence electrons. The van der Waals surface area contributed by atoms with Crippen LogP contribution >= 0.6 is 0 Å². The molecular weight excluding hydrogens is 238 g/mol. The van der Waals surface area contributed by atoms with Crippen molar-refractivity contribution in [3.05, 3.63) is 34.9 Å². The van der Waals surface area contributed by atoms with E-state index in [1.165, 1.54) is 18.4 Å². The van der Waals surface area contributed by atoms with Crippen molar-refractivity contribution in [1.82, 2.24) is 5.32 Å². The Labute approximate surface area is 115 Å². The molecule has 1 fully saturated rings. The molecule has 1 aromatic rings. The molecule has 1 aliphatic rings. The van der Waals surface area contributed by atoms with Gasteiger partial charge in [0.25, 0.3) is 0 Å². The summed E-state index contributed by atoms with van der Waals surface area (Å²) in [6.07, 6.45) is 2.55. The zero-order valence-corrected chi connectivity index (χ0v) is 12.0. The largest absolute Gasteiger partial charge is 0.465 e. The van der Waals surface area contributed by atoms with Crippen molar-refractivity contribution in [2.24, 2.45) is 5.92 Å². The van der Waals surface area contributed by atoms with Gasteiger partial charge in [0, 0.05) is 0 Å². The summed E-state index contributed by atoms with van der Waals surface area (Å²) in [5.74, 6) is 0.567. The van der Waals surface area contributed by atoms with Crippen LogP contribution in [0, 0.1) is 19.8 Å². The molecule has 1 saturated carbocycles. The van der Waals surface area contributed by atoms with E-state index in [0.717, 1.165) is 23.6 Å². The van der Waals surface area contributed by atoms with Gasteiger partial charge in [-0.3, -0.25) is 0 Å². The molecule has 1 atom stereocenters. The third kappa shape index (κ3) is 3.80. The number of rotatable bonds is 6. The fraction of sp³-hybridized carbons (Fsp3) is 0.562. The summed E-state index contributed by atoms with van der Waals surface area (Å²) in [6, 6.07) is 5.86. The third-order valence-corrected chi connectivity index (χ3v) is 3.57. The Morgan fingerprint density at radius 1 is 1.42 bits per heavy atom. The molecule has 1 unspecified atom stereocenters. The van der Waals surface area contributed by atoms with Crippen LogP contribution in [-0.2, 0) is 9.53 Å². The fourth-order valence-corrected chi connectivity index (χ4v) is 2.30. The van der Waals surface area contributed by atoms with Crippen LogP contribution in [0.1, 0.15) is 42.5 Å². The van der Waals surface area contributed by atoms with Gasteiger partial charge in [-0.25, -0.2) is 4.79 Å². The number of carbonyl (C=O) groups is 1. The first-order valence-corrected chi connectivity index (χ1v) is 7.09. The molecule has 3 nitrogen and oxygen atoms in total. The average molecular weight is 261 g/mol. The molecule has 0 saturated heterocycles. The van der Waals surface area contributed by atoms with Crippen molar-refractivity contribution < 1.29 is 9.53 Å². The van der Waals surface area contributed by atoms with Gasteiger partial charge in [0.2, 0.25) is 0 Å². The summed E-state index contributed by atoms with van der Waals surface area (Å²) in [6.45, 7) is 7.28. The molecule has 2 rings (SSSR count). The summed E-state index contributed by atoms with van der Waals surface area (Å²) >= 11 is 0. The van der Waals surface area contributed by atoms with Gasteiger partial charge in [0.1, 0.15) is 6.04 Å². The van der Waals surface area contributed by atoms with Gasteiger partial charge < -0.3 is 10.1 Å². The van der Waals surface area contributed by atoms with Gasteiger partial charge in [0.05, 0.1) is 6.61 Å². The maximum Gasteiger partial charge on any atom is 0.327 e. The lowest BCUT2D eigenvalue weighted by Crippen LogP contribution is -2.32. The standard InChI is InChI=1S/C16H23NO2/c1-4-19-16(18)15(17-10-13-6-7-13)14-8-5-11(2)9-12(14)3/h5,8-9,13,15,17H,4,6-7,10H2,1-3H3. The van der Waals surface area contributed by atoms with Crippen LogP contribution < -0.4 is 5.32 Å². The highest BCUT2D eigenvalue weighted by atomic mass is 16.5. The van der Waals surface area contributed by atoms with Crippen LogP contribution in [0.15, 0.2) is 18.2 Å². The van der Waals surface area contributed by atoms with Crippen molar-refractivity contribution in [3.8, 4) is 0 Å². The van der Waals surface area contributed by atoms with Gasteiger partial charge in [-0.1, -0.05) is 23.8 Å². The number of ether oxygens (including phenoxy) is 1. The molecular formula is C16H23NO2. The molecule has 0 aromatic heterocycles. The van der Waals surface area contributed by atoms with Gasteiger partial charge in [-0.2, -0.15) is 0 Å². The van der Waals surface area contributed by atoms with Crippen LogP contribution in [0.3, 0.4) is 0 Å². The minimum atomic E-state index is -0.332. The number of esters is 1. The van der Waals surface area contributed by atoms with Gasteiger partial charge >= 0.3 is 5.97 Å². The summed E-state index contributed by atoms with van der Waals surface area (Å²) in [4.78, 5) is 12.1. The molecule has 0 bridgehead atoms. The number of hydrogen-bond acceptors (Lipinski definition) is 3. The van der Waals surface area contributed by atoms with E-state index in [2.05, 4.69) is 18.3 Å². The van der Waals surface area contributed by atoms with Crippen molar-refractivity contribution in [2.75, 3.05) is 13.2 Å². The molecule has 1 aromatic carbocycles. The topological polar surface area (TPSA) is 38.3 Å². The van der Waals surface area contributed by atoms with Crippen LogP contribution in [0.5, 0.6) is 0 Å². The third-order valence-electron chi connectivity index (χ3n) is 3.57. The normalized spacial score (nSPS) is 16.2. The second-order valence-electron chi connectivity index (χ2n) is 5.40. The van der Waals surface area contributed by atoms with Crippen molar-refractivity contribution in [3.63, 3.8) is 0 Å². The molecule has 0 amide bonds. The lowest BCUT2D eigenvalue weighted by atomic mass is 9.99. The molecule has 1 aliphatic carbocycles. The number of benzene rings is 1. The van der Waals surface area contributed by atoms with E-state index in [-0.39, 0.29) is 12.0 Å². The second-order valence-corrected chi connectivity index (χ2v) is 5.40. The Morgan fingerprint density at radius 3 is 2.74 bits per heavy atom. The van der Waals surface area contributed by atoms with E-state index >= 15 is 0 Å². The zero-order chi connectivity index (χ0) is 13.8. The highest BCUT2D eigenvalue weighted by Crippen LogP contribution is 2.29. The quantitative estimate of drug-likeness (QED) is 0.800. The summed E-state index contributed by atoms with van der Waals surface area (Å²) in [5, 5.41) is 3.37. The molecule has 0 radical (unpaired) electrons. The molecule has 19 heavy (non-hydrogen) atoms. The summed E-state index contributed by atoms with van der Waals surface area (Å²) < 4.78 is 5.19. The van der Waals surface area contributed by atoms with Crippen LogP contribution in [0.2, 0.25) is 0 Å². The fourth-order valence-electron chi connectivity index (χ4n) is 2.30. The van der Waals surface area contributed by atoms with Crippen molar-refractivity contribution in [1.29, 1.82) is 0 Å². The van der Waals surface area contributed by atoms with Crippen molar-refractivity contribution >= 4 is 5.97 Å². The van der Waals surface area contributed by atoms with E-state index in [9.17, 15) is 4.79 Å². The Kier molecular flexibility index (Phi) is 4.59. The molecule has 1 N–H and O–H groups in total. The lowest BCUT2D eigenvalue weighted by Gasteiger charge is -2.19. The monoisotopic (exact) mass is 261 g/mol. The smallest absolute Gasteiger partial charge is 0.327 e. The van der Waals surface area contributed by atoms with Crippen molar-refractivity contribution in [2.45, 2.75) is 39.7 Å². The minimum absolute atomic E-state index is 0.171. The van der Waals surface area contributed by atoms with Crippen LogP contribution in [0.25, 0.3) is 0 Å². The highest BCUT2D eigenvalue weighted by Gasteiger charge is 2.27. The second kappa shape index (κ2) is 6.20. The van der Waals surface area contributed by atoms with E-state index in [0.29, 0.717) is 6.61 Å². The van der Waals surface area contributed by atoms with E-state index in [4.69, 9.17) is 4.74 Å². The number of aryl methyl sites for hydroxylation is 2. The Balaban J connectivity index is 2.15. The van der Waals surface area contributed by atoms with Crippen LogP contribution in [-0.4, -0.2) is 19.1 Å². The molecule has 0 aliphatic heterocycles. The first kappa shape index (κ1) is 14.1. The van der Waals surface area contributed by atoms with Crippen LogP contribution in [0.4, 0.5) is 0 Å². The number of nitrogens with one attached hydrogen (secondary N) is 1. The molecule has 3 heteroatoms. The first-order valence-electron chi connectivity index (χ1n) is 7.09. The van der Waals surface area contributed by atoms with Gasteiger partial charge in [-0.15, -0.1) is 0 Å². The van der Waals surface area contributed by atoms with E-state index in [1.54, 1.807) is 0 Å². The number of hydrogen-bond donors (Lipinski definition) is 1. The summed E-state index contributed by atoms with van der Waals surface area (Å²) in [7, 11) is 0.